The standard InChI is InChI=1S/C26H21ClF2N4O/c27-21-7-2-8-22(29)25(21)23-9-10-24(33(17-34)16-19-5-3-12-30-15-19)26(32-23)31-13-11-18-4-1-6-20(28)14-18/h1-10,12,14-15,17H,11,13,16H2,(H,31,32). The molecule has 0 saturated carbocycles. The topological polar surface area (TPSA) is 58.1 Å². The lowest BCUT2D eigenvalue weighted by molar-refractivity contribution is -0.107. The van der Waals surface area contributed by atoms with E-state index in [4.69, 9.17) is 11.6 Å². The molecule has 0 bridgehead atoms. The maximum atomic E-state index is 14.5. The molecule has 0 radical (unpaired) electrons. The first-order valence-electron chi connectivity index (χ1n) is 10.6. The number of amides is 1. The van der Waals surface area contributed by atoms with Crippen molar-refractivity contribution in [3.8, 4) is 11.3 Å². The average Bonchev–Trinajstić information content (AvgIpc) is 2.83. The number of benzene rings is 2. The van der Waals surface area contributed by atoms with Gasteiger partial charge in [-0.3, -0.25) is 9.78 Å². The van der Waals surface area contributed by atoms with Crippen LogP contribution in [0.2, 0.25) is 5.02 Å². The largest absolute Gasteiger partial charge is 0.368 e. The van der Waals surface area contributed by atoms with Gasteiger partial charge in [0.05, 0.1) is 28.5 Å². The highest BCUT2D eigenvalue weighted by molar-refractivity contribution is 6.33. The second-order valence-corrected chi connectivity index (χ2v) is 7.97. The number of pyridine rings is 2. The Morgan fingerprint density at radius 1 is 1.00 bits per heavy atom. The van der Waals surface area contributed by atoms with Crippen LogP contribution in [-0.4, -0.2) is 22.9 Å². The Hall–Kier alpha value is -3.84. The Morgan fingerprint density at radius 3 is 2.56 bits per heavy atom. The zero-order valence-electron chi connectivity index (χ0n) is 18.1. The van der Waals surface area contributed by atoms with E-state index >= 15 is 0 Å². The molecule has 172 valence electrons. The number of carbonyl (C=O) groups excluding carboxylic acids is 1. The second-order valence-electron chi connectivity index (χ2n) is 7.56. The normalized spacial score (nSPS) is 10.7. The number of nitrogens with one attached hydrogen (secondary N) is 1. The second kappa shape index (κ2) is 10.9. The monoisotopic (exact) mass is 478 g/mol. The minimum atomic E-state index is -0.499. The number of halogens is 3. The Balaban J connectivity index is 1.67. The molecule has 2 heterocycles. The number of anilines is 2. The van der Waals surface area contributed by atoms with E-state index in [1.165, 1.54) is 29.2 Å². The van der Waals surface area contributed by atoms with Crippen molar-refractivity contribution in [2.24, 2.45) is 0 Å². The number of hydrogen-bond donors (Lipinski definition) is 1. The molecule has 1 amide bonds. The number of carbonyl (C=O) groups is 1. The van der Waals surface area contributed by atoms with Gasteiger partial charge in [0.25, 0.3) is 0 Å². The number of nitrogens with zero attached hydrogens (tertiary/aromatic N) is 3. The maximum absolute atomic E-state index is 14.5. The summed E-state index contributed by atoms with van der Waals surface area (Å²) in [5, 5.41) is 3.45. The minimum Gasteiger partial charge on any atom is -0.368 e. The van der Waals surface area contributed by atoms with Crippen LogP contribution in [0.3, 0.4) is 0 Å². The predicted molar refractivity (Wildman–Crippen MR) is 130 cm³/mol. The summed E-state index contributed by atoms with van der Waals surface area (Å²) < 4.78 is 28.1. The molecule has 0 aliphatic carbocycles. The highest BCUT2D eigenvalue weighted by atomic mass is 35.5. The van der Waals surface area contributed by atoms with Crippen LogP contribution in [0.5, 0.6) is 0 Å². The first-order valence-corrected chi connectivity index (χ1v) is 11.0. The van der Waals surface area contributed by atoms with Crippen LogP contribution in [0.4, 0.5) is 20.3 Å². The number of aromatic nitrogens is 2. The molecular formula is C26H21ClF2N4O. The van der Waals surface area contributed by atoms with Crippen molar-refractivity contribution in [3.05, 3.63) is 107 Å². The Labute approximate surface area is 201 Å². The van der Waals surface area contributed by atoms with Gasteiger partial charge in [0.15, 0.2) is 5.82 Å². The smallest absolute Gasteiger partial charge is 0.214 e. The summed E-state index contributed by atoms with van der Waals surface area (Å²) in [5.41, 5.74) is 2.65. The molecule has 0 aliphatic heterocycles. The van der Waals surface area contributed by atoms with Gasteiger partial charge in [-0.1, -0.05) is 35.9 Å². The third-order valence-corrected chi connectivity index (χ3v) is 5.52. The average molecular weight is 479 g/mol. The molecular weight excluding hydrogens is 458 g/mol. The molecule has 0 unspecified atom stereocenters. The fourth-order valence-corrected chi connectivity index (χ4v) is 3.84. The first-order chi connectivity index (χ1) is 16.5. The van der Waals surface area contributed by atoms with Crippen molar-refractivity contribution in [2.45, 2.75) is 13.0 Å². The Bertz CT molecular complexity index is 1270. The van der Waals surface area contributed by atoms with E-state index < -0.39 is 5.82 Å². The molecule has 8 heteroatoms. The molecule has 0 spiro atoms. The van der Waals surface area contributed by atoms with Gasteiger partial charge in [-0.05, 0) is 60.0 Å². The number of hydrogen-bond acceptors (Lipinski definition) is 4. The van der Waals surface area contributed by atoms with Crippen LogP contribution < -0.4 is 10.2 Å². The van der Waals surface area contributed by atoms with E-state index in [0.717, 1.165) is 11.1 Å². The van der Waals surface area contributed by atoms with E-state index in [-0.39, 0.29) is 22.9 Å². The fraction of sp³-hybridized carbons (Fsp3) is 0.115. The van der Waals surface area contributed by atoms with Crippen molar-refractivity contribution >= 4 is 29.5 Å². The van der Waals surface area contributed by atoms with Crippen LogP contribution in [0.15, 0.2) is 79.1 Å². The van der Waals surface area contributed by atoms with Gasteiger partial charge < -0.3 is 10.2 Å². The van der Waals surface area contributed by atoms with Gasteiger partial charge in [-0.15, -0.1) is 0 Å². The SMILES string of the molecule is O=CN(Cc1cccnc1)c1ccc(-c2c(F)cccc2Cl)nc1NCCc1cccc(F)c1. The fourth-order valence-electron chi connectivity index (χ4n) is 3.58. The van der Waals surface area contributed by atoms with E-state index in [1.54, 1.807) is 42.7 Å². The van der Waals surface area contributed by atoms with Crippen molar-refractivity contribution in [1.29, 1.82) is 0 Å². The van der Waals surface area contributed by atoms with Crippen molar-refractivity contribution in [3.63, 3.8) is 0 Å². The first kappa shape index (κ1) is 23.3. The molecule has 4 rings (SSSR count). The predicted octanol–water partition coefficient (Wildman–Crippen LogP) is 5.89. The van der Waals surface area contributed by atoms with Crippen LogP contribution >= 0.6 is 11.6 Å². The molecule has 5 nitrogen and oxygen atoms in total. The minimum absolute atomic E-state index is 0.175. The third-order valence-electron chi connectivity index (χ3n) is 5.20. The van der Waals surface area contributed by atoms with E-state index in [0.29, 0.717) is 36.6 Å². The highest BCUT2D eigenvalue weighted by Gasteiger charge is 2.17. The summed E-state index contributed by atoms with van der Waals surface area (Å²) >= 11 is 6.24. The van der Waals surface area contributed by atoms with Crippen LogP contribution in [0.25, 0.3) is 11.3 Å². The zero-order chi connectivity index (χ0) is 23.9. The van der Waals surface area contributed by atoms with Gasteiger partial charge >= 0.3 is 0 Å². The highest BCUT2D eigenvalue weighted by Crippen LogP contribution is 2.33. The van der Waals surface area contributed by atoms with Gasteiger partial charge in [-0.25, -0.2) is 13.8 Å². The molecule has 1 N–H and O–H groups in total. The summed E-state index contributed by atoms with van der Waals surface area (Å²) in [4.78, 5) is 22.2. The number of rotatable bonds is 9. The van der Waals surface area contributed by atoms with Crippen molar-refractivity contribution in [1.82, 2.24) is 9.97 Å². The van der Waals surface area contributed by atoms with Gasteiger partial charge in [0, 0.05) is 18.9 Å². The van der Waals surface area contributed by atoms with Crippen LogP contribution in [0.1, 0.15) is 11.1 Å². The van der Waals surface area contributed by atoms with E-state index in [9.17, 15) is 13.6 Å². The molecule has 34 heavy (non-hydrogen) atoms. The summed E-state index contributed by atoms with van der Waals surface area (Å²) in [6.45, 7) is 0.689. The lowest BCUT2D eigenvalue weighted by Gasteiger charge is -2.22. The lowest BCUT2D eigenvalue weighted by Crippen LogP contribution is -2.23. The summed E-state index contributed by atoms with van der Waals surface area (Å²) in [7, 11) is 0. The molecule has 0 aliphatic rings. The van der Waals surface area contributed by atoms with Crippen LogP contribution in [0, 0.1) is 11.6 Å². The Kier molecular flexibility index (Phi) is 7.44. The molecule has 4 aromatic rings. The van der Waals surface area contributed by atoms with Gasteiger partial charge in [0.2, 0.25) is 6.41 Å². The maximum Gasteiger partial charge on any atom is 0.214 e. The zero-order valence-corrected chi connectivity index (χ0v) is 18.8. The van der Waals surface area contributed by atoms with Gasteiger partial charge in [0.1, 0.15) is 11.6 Å². The summed E-state index contributed by atoms with van der Waals surface area (Å²) in [5.74, 6) is -0.429. The summed E-state index contributed by atoms with van der Waals surface area (Å²) in [6.07, 6.45) is 4.56. The molecule has 0 atom stereocenters. The summed E-state index contributed by atoms with van der Waals surface area (Å²) in [6, 6.07) is 17.7. The van der Waals surface area contributed by atoms with Crippen molar-refractivity contribution in [2.75, 3.05) is 16.8 Å². The van der Waals surface area contributed by atoms with E-state index in [1.807, 2.05) is 12.1 Å². The Morgan fingerprint density at radius 2 is 1.82 bits per heavy atom. The molecule has 0 saturated heterocycles. The van der Waals surface area contributed by atoms with Crippen LogP contribution in [-0.2, 0) is 17.8 Å². The molecule has 2 aromatic heterocycles. The van der Waals surface area contributed by atoms with Gasteiger partial charge in [-0.2, -0.15) is 0 Å². The van der Waals surface area contributed by atoms with E-state index in [2.05, 4.69) is 15.3 Å². The van der Waals surface area contributed by atoms with Crippen molar-refractivity contribution < 1.29 is 13.6 Å². The third kappa shape index (κ3) is 5.55. The quantitative estimate of drug-likeness (QED) is 0.305. The lowest BCUT2D eigenvalue weighted by atomic mass is 10.1. The molecule has 0 fully saturated rings. The molecule has 2 aromatic carbocycles.